The highest BCUT2D eigenvalue weighted by Crippen LogP contribution is 2.45. The molecule has 0 saturated heterocycles. The second-order valence-electron chi connectivity index (χ2n) is 14.3. The Morgan fingerprint density at radius 3 is 1.38 bits per heavy atom. The quantitative estimate of drug-likeness (QED) is 0.146. The summed E-state index contributed by atoms with van der Waals surface area (Å²) in [6.07, 6.45) is 0. The van der Waals surface area contributed by atoms with Crippen molar-refractivity contribution < 1.29 is 44.2 Å². The van der Waals surface area contributed by atoms with Crippen LogP contribution in [0.25, 0.3) is 77.2 Å². The van der Waals surface area contributed by atoms with E-state index in [0.717, 1.165) is 11.1 Å². The fourth-order valence-electron chi connectivity index (χ4n) is 7.74. The van der Waals surface area contributed by atoms with Crippen molar-refractivity contribution in [2.75, 3.05) is 0 Å². The Labute approximate surface area is 394 Å². The Hall–Kier alpha value is -6.96. The predicted molar refractivity (Wildman–Crippen MR) is 255 cm³/mol. The summed E-state index contributed by atoms with van der Waals surface area (Å²) in [5.74, 6) is -2.13. The van der Waals surface area contributed by atoms with E-state index in [-0.39, 0.29) is 54.9 Å². The second kappa shape index (κ2) is 15.0. The van der Waals surface area contributed by atoms with Crippen molar-refractivity contribution in [1.29, 1.82) is 0 Å². The summed E-state index contributed by atoms with van der Waals surface area (Å²) in [5.41, 5.74) is -4.98. The zero-order valence-corrected chi connectivity index (χ0v) is 33.0. The van der Waals surface area contributed by atoms with E-state index in [2.05, 4.69) is 0 Å². The molecule has 290 valence electrons. The van der Waals surface area contributed by atoms with E-state index in [1.807, 2.05) is 0 Å². The van der Waals surface area contributed by atoms with Gasteiger partial charge in [-0.15, -0.1) is 0 Å². The van der Waals surface area contributed by atoms with Gasteiger partial charge in [0, 0.05) is 22.1 Å². The maximum Gasteiger partial charge on any atom is 0.143 e. The van der Waals surface area contributed by atoms with E-state index in [9.17, 15) is 19.2 Å². The molecule has 1 unspecified atom stereocenters. The van der Waals surface area contributed by atoms with Gasteiger partial charge in [0.15, 0.2) is 0 Å². The Balaban J connectivity index is 1.35. The van der Waals surface area contributed by atoms with Crippen LogP contribution in [0.5, 0.6) is 0 Å². The van der Waals surface area contributed by atoms with Gasteiger partial charge >= 0.3 is 0 Å². The molecule has 0 bridgehead atoms. The average Bonchev–Trinajstić information content (AvgIpc) is 1.66. The van der Waals surface area contributed by atoms with Crippen LogP contribution in [0.2, 0.25) is 0 Å². The highest BCUT2D eigenvalue weighted by molar-refractivity contribution is 6.21. The Morgan fingerprint density at radius 2 is 0.833 bits per heavy atom. The SMILES string of the molecule is [2H]c1c([2H])c([2H])c(-c2c([2H])c([2H])c(C(c3c([2H])c([2H])c(-c4c([2H])c([2H])c5oc6c7c(C)c(C)c(C)c(C)c7c(-c7c([2H])c([2H])c([2H])c([2H])c7[2H])c([2H])c6c5c4[2H])c([2H])c3[2H])c3c(C)c([2H])c(-c4c([2H])c([2H])c([2H])c([2H])c4[2H])c([2H])c3C)c([2H])c2[2H])c([2H])c1[2H]. The fraction of sp³-hybridized carbons (Fsp3) is 0.119. The molecule has 9 aromatic carbocycles. The third-order valence-corrected chi connectivity index (χ3v) is 11.0. The molecule has 1 atom stereocenters. The van der Waals surface area contributed by atoms with Crippen molar-refractivity contribution in [3.63, 3.8) is 0 Å². The molecule has 1 aromatic heterocycles. The molecule has 1 heterocycles. The summed E-state index contributed by atoms with van der Waals surface area (Å²) in [7, 11) is 0. The van der Waals surface area contributed by atoms with Gasteiger partial charge in [-0.3, -0.25) is 0 Å². The normalized spacial score (nSPS) is 18.9. The molecule has 60 heavy (non-hydrogen) atoms. The smallest absolute Gasteiger partial charge is 0.143 e. The third kappa shape index (κ3) is 6.33. The molecule has 0 amide bonds. The van der Waals surface area contributed by atoms with Crippen molar-refractivity contribution in [1.82, 2.24) is 0 Å². The summed E-state index contributed by atoms with van der Waals surface area (Å²) in [6, 6.07) is -24.5. The molecule has 0 saturated carbocycles. The maximum atomic E-state index is 9.98. The van der Waals surface area contributed by atoms with Crippen LogP contribution in [0.1, 0.15) is 95.7 Å². The van der Waals surface area contributed by atoms with Crippen LogP contribution in [-0.4, -0.2) is 0 Å². The minimum Gasteiger partial charge on any atom is -0.455 e. The van der Waals surface area contributed by atoms with Crippen LogP contribution >= 0.6 is 0 Å². The van der Waals surface area contributed by atoms with Crippen LogP contribution in [0.4, 0.5) is 0 Å². The molecule has 0 aliphatic rings. The van der Waals surface area contributed by atoms with Gasteiger partial charge in [0.1, 0.15) is 11.2 Å². The predicted octanol–water partition coefficient (Wildman–Crippen LogP) is 16.4. The first-order chi connectivity index (χ1) is 41.4. The summed E-state index contributed by atoms with van der Waals surface area (Å²) in [4.78, 5) is 0. The van der Waals surface area contributed by atoms with Gasteiger partial charge in [0.25, 0.3) is 0 Å². The lowest BCUT2D eigenvalue weighted by molar-refractivity contribution is 0.672. The topological polar surface area (TPSA) is 13.1 Å². The number of fused-ring (bicyclic) bond motifs is 5. The van der Waals surface area contributed by atoms with Gasteiger partial charge < -0.3 is 4.42 Å². The molecule has 10 aromatic rings. The van der Waals surface area contributed by atoms with E-state index in [1.165, 1.54) is 13.8 Å². The fourth-order valence-corrected chi connectivity index (χ4v) is 7.74. The lowest BCUT2D eigenvalue weighted by atomic mass is 9.79. The number of hydrogen-bond acceptors (Lipinski definition) is 1. The zero-order valence-electron chi connectivity index (χ0n) is 62.0. The van der Waals surface area contributed by atoms with Crippen molar-refractivity contribution in [2.45, 2.75) is 47.5 Å². The van der Waals surface area contributed by atoms with Gasteiger partial charge in [-0.1, -0.05) is 157 Å². The molecule has 0 fully saturated rings. The molecule has 1 heteroatoms. The Morgan fingerprint density at radius 1 is 0.383 bits per heavy atom. The monoisotopic (exact) mass is 802 g/mol. The van der Waals surface area contributed by atoms with E-state index < -0.39 is 231 Å². The lowest BCUT2D eigenvalue weighted by Gasteiger charge is -2.24. The van der Waals surface area contributed by atoms with E-state index in [1.54, 1.807) is 27.7 Å². The Kier molecular flexibility index (Phi) is 4.34. The third-order valence-electron chi connectivity index (χ3n) is 11.0. The first-order valence-corrected chi connectivity index (χ1v) is 18.8. The summed E-state index contributed by atoms with van der Waals surface area (Å²) < 4.78 is 271. The highest BCUT2D eigenvalue weighted by atomic mass is 16.3. The summed E-state index contributed by atoms with van der Waals surface area (Å²) in [5, 5.41) is -0.0813. The van der Waals surface area contributed by atoms with E-state index >= 15 is 0 Å². The average molecular weight is 802 g/mol. The van der Waals surface area contributed by atoms with Crippen LogP contribution in [0.15, 0.2) is 180 Å². The first kappa shape index (κ1) is 17.3. The molecule has 10 rings (SSSR count). The van der Waals surface area contributed by atoms with Crippen LogP contribution in [-0.2, 0) is 0 Å². The van der Waals surface area contributed by atoms with Gasteiger partial charge in [-0.2, -0.15) is 0 Å². The minimum atomic E-state index is -2.13. The number of aryl methyl sites for hydroxylation is 2. The molecular weight excluding hydrogens is 725 g/mol. The highest BCUT2D eigenvalue weighted by Gasteiger charge is 2.24. The van der Waals surface area contributed by atoms with Crippen LogP contribution in [0.3, 0.4) is 0 Å². The van der Waals surface area contributed by atoms with E-state index in [0.29, 0.717) is 11.1 Å². The molecule has 1 nitrogen and oxygen atoms in total. The van der Waals surface area contributed by atoms with E-state index in [4.69, 9.17) is 25.0 Å². The van der Waals surface area contributed by atoms with Gasteiger partial charge in [-0.05, 0) is 160 Å². The minimum absolute atomic E-state index is 0.0977. The van der Waals surface area contributed by atoms with Gasteiger partial charge in [-0.25, -0.2) is 0 Å². The van der Waals surface area contributed by atoms with Crippen molar-refractivity contribution in [2.24, 2.45) is 0 Å². The molecule has 0 radical (unpaired) electrons. The number of furan rings is 1. The molecule has 0 N–H and O–H groups in total. The zero-order chi connectivity index (χ0) is 66.3. The summed E-state index contributed by atoms with van der Waals surface area (Å²) >= 11 is 0. The maximum absolute atomic E-state index is 9.98. The van der Waals surface area contributed by atoms with Crippen LogP contribution < -0.4 is 0 Å². The molecular formula is C59H48O. The number of rotatable bonds is 7. The van der Waals surface area contributed by atoms with Gasteiger partial charge in [0.2, 0.25) is 0 Å². The number of benzene rings is 9. The Bertz CT molecular complexity index is 4650. The second-order valence-corrected chi connectivity index (χ2v) is 14.3. The largest absolute Gasteiger partial charge is 0.455 e. The van der Waals surface area contributed by atoms with Crippen molar-refractivity contribution in [3.8, 4) is 44.5 Å². The van der Waals surface area contributed by atoms with Crippen LogP contribution in [0, 0.1) is 41.5 Å². The van der Waals surface area contributed by atoms with Crippen molar-refractivity contribution >= 4 is 32.7 Å². The van der Waals surface area contributed by atoms with Gasteiger partial charge in [0.05, 0.1) is 39.8 Å². The molecule has 0 spiro atoms. The van der Waals surface area contributed by atoms with Crippen molar-refractivity contribution in [3.05, 3.63) is 225 Å². The number of hydrogen-bond donors (Lipinski definition) is 0. The molecule has 0 aliphatic carbocycles. The lowest BCUT2D eigenvalue weighted by Crippen LogP contribution is -2.08. The molecule has 0 aliphatic heterocycles. The summed E-state index contributed by atoms with van der Waals surface area (Å²) in [6.45, 7) is 9.56. The first-order valence-electron chi connectivity index (χ1n) is 33.3. The standard InChI is InChI=1S/C59H48O/c1-36-32-50(43-18-12-8-13-19-43)33-37(2)55(36)58(47-26-22-44(23-27-47)42-16-10-7-11-17-42)48-28-24-45(25-29-48)49-30-31-54-52(34-49)53-35-51(46-20-14-9-15-21-46)56-40(5)38(3)39(4)41(6)57(56)59(53)60-54/h7-35,58H,1-6H3/i7D,8D,9D,10D,11D,12D,13D,14D,15D,16D,17D,18D,19D,20D,21D,22D,23D,24D,25D,26D,27D,28D,29D,30D,31D,32D,33D,34D,35D.